The minimum atomic E-state index is 0.361. The monoisotopic (exact) mass is 308 g/mol. The van der Waals surface area contributed by atoms with E-state index in [1.807, 2.05) is 0 Å². The lowest BCUT2D eigenvalue weighted by atomic mass is 9.75. The third-order valence-electron chi connectivity index (χ3n) is 6.23. The van der Waals surface area contributed by atoms with Crippen molar-refractivity contribution in [2.75, 3.05) is 32.7 Å². The van der Waals surface area contributed by atoms with Crippen molar-refractivity contribution in [2.24, 2.45) is 17.3 Å². The van der Waals surface area contributed by atoms with Crippen LogP contribution in [0.1, 0.15) is 73.6 Å². The van der Waals surface area contributed by atoms with Gasteiger partial charge in [0.1, 0.15) is 0 Å². The van der Waals surface area contributed by atoms with Gasteiger partial charge in [-0.1, -0.05) is 20.8 Å². The maximum absolute atomic E-state index is 2.73. The molecule has 0 aromatic carbocycles. The first-order valence-corrected chi connectivity index (χ1v) is 9.63. The Morgan fingerprint density at radius 3 is 1.77 bits per heavy atom. The molecular weight excluding hydrogens is 268 g/mol. The van der Waals surface area contributed by atoms with E-state index in [0.29, 0.717) is 11.0 Å². The van der Waals surface area contributed by atoms with Crippen molar-refractivity contribution >= 4 is 0 Å². The van der Waals surface area contributed by atoms with Crippen LogP contribution in [-0.2, 0) is 0 Å². The summed E-state index contributed by atoms with van der Waals surface area (Å²) in [6.07, 6.45) is 7.07. The fraction of sp³-hybridized carbons (Fsp3) is 1.00. The lowest BCUT2D eigenvalue weighted by Gasteiger charge is -2.42. The number of hydrogen-bond acceptors (Lipinski definition) is 2. The molecule has 0 radical (unpaired) electrons. The number of piperidine rings is 2. The molecule has 0 aromatic rings. The second-order valence-corrected chi connectivity index (χ2v) is 9.87. The summed E-state index contributed by atoms with van der Waals surface area (Å²) in [5, 5.41) is 0. The van der Waals surface area contributed by atoms with Gasteiger partial charge in [0.25, 0.3) is 0 Å². The van der Waals surface area contributed by atoms with E-state index in [9.17, 15) is 0 Å². The Kier molecular flexibility index (Phi) is 5.99. The fourth-order valence-electron chi connectivity index (χ4n) is 4.28. The maximum Gasteiger partial charge on any atom is 0.0125 e. The molecule has 2 fully saturated rings. The van der Waals surface area contributed by atoms with Gasteiger partial charge in [-0.3, -0.25) is 4.90 Å². The Balaban J connectivity index is 1.64. The van der Waals surface area contributed by atoms with Crippen LogP contribution in [-0.4, -0.2) is 48.1 Å². The molecule has 22 heavy (non-hydrogen) atoms. The molecule has 2 heteroatoms. The highest BCUT2D eigenvalue weighted by atomic mass is 15.2. The van der Waals surface area contributed by atoms with E-state index in [1.165, 1.54) is 64.8 Å². The minimum absolute atomic E-state index is 0.361. The Hall–Kier alpha value is -0.0800. The molecule has 0 atom stereocenters. The average Bonchev–Trinajstić information content (AvgIpc) is 2.44. The lowest BCUT2D eigenvalue weighted by molar-refractivity contribution is 0.0740. The number of rotatable bonds is 3. The molecule has 0 spiro atoms. The molecule has 0 bridgehead atoms. The molecule has 0 N–H and O–H groups in total. The van der Waals surface area contributed by atoms with Gasteiger partial charge in [0.05, 0.1) is 0 Å². The van der Waals surface area contributed by atoms with Crippen LogP contribution in [0.2, 0.25) is 0 Å². The van der Waals surface area contributed by atoms with Gasteiger partial charge in [-0.15, -0.1) is 0 Å². The zero-order chi connectivity index (χ0) is 16.4. The molecule has 130 valence electrons. The third-order valence-corrected chi connectivity index (χ3v) is 6.23. The number of likely N-dealkylation sites (tertiary alicyclic amines) is 2. The molecule has 0 aliphatic carbocycles. The molecule has 0 saturated carbocycles. The van der Waals surface area contributed by atoms with E-state index < -0.39 is 0 Å². The van der Waals surface area contributed by atoms with Crippen LogP contribution in [0.5, 0.6) is 0 Å². The minimum Gasteiger partial charge on any atom is -0.303 e. The highest BCUT2D eigenvalue weighted by Crippen LogP contribution is 2.34. The van der Waals surface area contributed by atoms with Crippen LogP contribution in [0.15, 0.2) is 0 Å². The Morgan fingerprint density at radius 1 is 0.773 bits per heavy atom. The summed E-state index contributed by atoms with van der Waals surface area (Å²) >= 11 is 0. The van der Waals surface area contributed by atoms with E-state index in [-0.39, 0.29) is 0 Å². The van der Waals surface area contributed by atoms with Crippen molar-refractivity contribution in [1.82, 2.24) is 9.80 Å². The van der Waals surface area contributed by atoms with Crippen molar-refractivity contribution in [2.45, 2.75) is 79.2 Å². The summed E-state index contributed by atoms with van der Waals surface area (Å²) in [4.78, 5) is 5.40. The molecule has 0 aromatic heterocycles. The maximum atomic E-state index is 2.73. The van der Waals surface area contributed by atoms with Crippen molar-refractivity contribution < 1.29 is 0 Å². The zero-order valence-corrected chi connectivity index (χ0v) is 16.1. The van der Waals surface area contributed by atoms with E-state index in [4.69, 9.17) is 0 Å². The standard InChI is InChI=1S/C20H40N2/c1-19(2,3)18-10-13-21(14-11-18)12-7-17-8-15-22(16-9-17)20(4,5)6/h17-18H,7-16H2,1-6H3. The van der Waals surface area contributed by atoms with Gasteiger partial charge in [0.2, 0.25) is 0 Å². The SMILES string of the molecule is CC(C)(C)C1CCN(CCC2CCN(C(C)(C)C)CC2)CC1. The van der Waals surface area contributed by atoms with Gasteiger partial charge in [0.15, 0.2) is 0 Å². The lowest BCUT2D eigenvalue weighted by Crippen LogP contribution is -2.46. The van der Waals surface area contributed by atoms with Crippen molar-refractivity contribution in [1.29, 1.82) is 0 Å². The quantitative estimate of drug-likeness (QED) is 0.749. The fourth-order valence-corrected chi connectivity index (χ4v) is 4.28. The van der Waals surface area contributed by atoms with Crippen LogP contribution < -0.4 is 0 Å². The van der Waals surface area contributed by atoms with E-state index in [0.717, 1.165) is 11.8 Å². The van der Waals surface area contributed by atoms with Gasteiger partial charge in [-0.2, -0.15) is 0 Å². The van der Waals surface area contributed by atoms with Gasteiger partial charge in [-0.25, -0.2) is 0 Å². The molecule has 0 amide bonds. The van der Waals surface area contributed by atoms with Gasteiger partial charge in [0, 0.05) is 5.54 Å². The molecular formula is C20H40N2. The second kappa shape index (κ2) is 7.21. The Bertz CT molecular complexity index is 287. The van der Waals surface area contributed by atoms with Crippen LogP contribution in [0.4, 0.5) is 0 Å². The van der Waals surface area contributed by atoms with Gasteiger partial charge in [-0.05, 0) is 103 Å². The van der Waals surface area contributed by atoms with Gasteiger partial charge < -0.3 is 4.90 Å². The van der Waals surface area contributed by atoms with Crippen LogP contribution in [0.3, 0.4) is 0 Å². The molecule has 2 saturated heterocycles. The first-order valence-electron chi connectivity index (χ1n) is 9.63. The predicted octanol–water partition coefficient (Wildman–Crippen LogP) is 4.65. The molecule has 2 aliphatic rings. The molecule has 2 nitrogen and oxygen atoms in total. The number of nitrogens with zero attached hydrogens (tertiary/aromatic N) is 2. The molecule has 2 rings (SSSR count). The first-order chi connectivity index (χ1) is 10.2. The third kappa shape index (κ3) is 5.23. The molecule has 0 unspecified atom stereocenters. The predicted molar refractivity (Wildman–Crippen MR) is 97.3 cm³/mol. The summed E-state index contributed by atoms with van der Waals surface area (Å²) in [5.74, 6) is 1.90. The van der Waals surface area contributed by atoms with Crippen LogP contribution in [0, 0.1) is 17.3 Å². The summed E-state index contributed by atoms with van der Waals surface area (Å²) in [6.45, 7) is 20.9. The van der Waals surface area contributed by atoms with E-state index >= 15 is 0 Å². The van der Waals surface area contributed by atoms with E-state index in [1.54, 1.807) is 0 Å². The summed E-state index contributed by atoms with van der Waals surface area (Å²) < 4.78 is 0. The van der Waals surface area contributed by atoms with E-state index in [2.05, 4.69) is 51.3 Å². The van der Waals surface area contributed by atoms with Crippen LogP contribution in [0.25, 0.3) is 0 Å². The van der Waals surface area contributed by atoms with Crippen molar-refractivity contribution in [3.63, 3.8) is 0 Å². The normalized spacial score (nSPS) is 24.8. The highest BCUT2D eigenvalue weighted by Gasteiger charge is 2.30. The van der Waals surface area contributed by atoms with Crippen molar-refractivity contribution in [3.8, 4) is 0 Å². The summed E-state index contributed by atoms with van der Waals surface area (Å²) in [7, 11) is 0. The second-order valence-electron chi connectivity index (χ2n) is 9.87. The van der Waals surface area contributed by atoms with Crippen molar-refractivity contribution in [3.05, 3.63) is 0 Å². The summed E-state index contributed by atoms with van der Waals surface area (Å²) in [5.41, 5.74) is 0.867. The van der Waals surface area contributed by atoms with Crippen LogP contribution >= 0.6 is 0 Å². The smallest absolute Gasteiger partial charge is 0.0125 e. The molecule has 2 aliphatic heterocycles. The first kappa shape index (κ1) is 18.3. The zero-order valence-electron chi connectivity index (χ0n) is 16.1. The number of hydrogen-bond donors (Lipinski definition) is 0. The Morgan fingerprint density at radius 2 is 1.32 bits per heavy atom. The highest BCUT2D eigenvalue weighted by molar-refractivity contribution is 4.84. The Labute approximate surface area is 139 Å². The van der Waals surface area contributed by atoms with Gasteiger partial charge >= 0.3 is 0 Å². The largest absolute Gasteiger partial charge is 0.303 e. The molecule has 2 heterocycles. The topological polar surface area (TPSA) is 6.48 Å². The summed E-state index contributed by atoms with van der Waals surface area (Å²) in [6, 6.07) is 0. The average molecular weight is 309 g/mol.